The highest BCUT2D eigenvalue weighted by Crippen LogP contribution is 2.29. The highest BCUT2D eigenvalue weighted by Gasteiger charge is 2.28. The lowest BCUT2D eigenvalue weighted by molar-refractivity contribution is 0.128. The Balaban J connectivity index is 1.76. The third kappa shape index (κ3) is 3.35. The summed E-state index contributed by atoms with van der Waals surface area (Å²) in [5.74, 6) is 3.39. The van der Waals surface area contributed by atoms with Crippen LogP contribution in [0.5, 0.6) is 0 Å². The van der Waals surface area contributed by atoms with Gasteiger partial charge in [-0.1, -0.05) is 20.3 Å². The first kappa shape index (κ1) is 15.1. The van der Waals surface area contributed by atoms with Gasteiger partial charge in [0, 0.05) is 6.54 Å². The van der Waals surface area contributed by atoms with Gasteiger partial charge in [-0.15, -0.1) is 0 Å². The number of rotatable bonds is 5. The van der Waals surface area contributed by atoms with Crippen LogP contribution in [-0.4, -0.2) is 41.4 Å². The van der Waals surface area contributed by atoms with Crippen molar-refractivity contribution in [1.82, 2.24) is 34.8 Å². The maximum absolute atomic E-state index is 4.53. The van der Waals surface area contributed by atoms with Crippen LogP contribution in [0.25, 0.3) is 0 Å². The monoisotopic (exact) mass is 303 g/mol. The first-order chi connectivity index (χ1) is 10.6. The number of hydrogen-bond acceptors (Lipinski definition) is 5. The van der Waals surface area contributed by atoms with E-state index in [-0.39, 0.29) is 6.04 Å². The van der Waals surface area contributed by atoms with Gasteiger partial charge in [-0.2, -0.15) is 10.2 Å². The molecule has 22 heavy (non-hydrogen) atoms. The molecule has 1 aliphatic rings. The minimum atomic E-state index is 0.280. The van der Waals surface area contributed by atoms with E-state index in [1.54, 1.807) is 6.33 Å². The van der Waals surface area contributed by atoms with Crippen molar-refractivity contribution in [2.24, 2.45) is 5.92 Å². The fraction of sp³-hybridized carbons (Fsp3) is 0.733. The van der Waals surface area contributed by atoms with E-state index < -0.39 is 0 Å². The maximum Gasteiger partial charge on any atom is 0.167 e. The smallest absolute Gasteiger partial charge is 0.167 e. The van der Waals surface area contributed by atoms with Crippen LogP contribution in [0.2, 0.25) is 0 Å². The Morgan fingerprint density at radius 2 is 2.23 bits per heavy atom. The van der Waals surface area contributed by atoms with Crippen LogP contribution >= 0.6 is 0 Å². The number of nitrogens with one attached hydrogen (secondary N) is 1. The molecule has 1 atom stereocenters. The molecule has 1 N–H and O–H groups in total. The van der Waals surface area contributed by atoms with Gasteiger partial charge in [0.1, 0.15) is 18.0 Å². The first-order valence-electron chi connectivity index (χ1n) is 8.13. The van der Waals surface area contributed by atoms with Crippen molar-refractivity contribution >= 4 is 0 Å². The molecular formula is C15H25N7. The summed E-state index contributed by atoms with van der Waals surface area (Å²) >= 11 is 0. The van der Waals surface area contributed by atoms with Crippen LogP contribution in [0.3, 0.4) is 0 Å². The summed E-state index contributed by atoms with van der Waals surface area (Å²) in [5.41, 5.74) is 0. The Labute approximate surface area is 131 Å². The lowest BCUT2D eigenvalue weighted by Crippen LogP contribution is -2.34. The number of likely N-dealkylation sites (tertiary alicyclic amines) is 1. The van der Waals surface area contributed by atoms with Gasteiger partial charge >= 0.3 is 0 Å². The van der Waals surface area contributed by atoms with E-state index in [0.717, 1.165) is 43.5 Å². The van der Waals surface area contributed by atoms with Gasteiger partial charge in [0.05, 0.1) is 12.6 Å². The SMILES string of the molecule is Cc1nc(C2CCCCN2Cc2ncnn2CC(C)C)n[nH]1. The normalized spacial score (nSPS) is 19.9. The summed E-state index contributed by atoms with van der Waals surface area (Å²) in [5, 5.41) is 11.7. The molecular weight excluding hydrogens is 278 g/mol. The van der Waals surface area contributed by atoms with Crippen LogP contribution in [0, 0.1) is 12.8 Å². The van der Waals surface area contributed by atoms with Crippen molar-refractivity contribution < 1.29 is 0 Å². The molecule has 1 saturated heterocycles. The molecule has 1 aliphatic heterocycles. The molecule has 2 aromatic heterocycles. The van der Waals surface area contributed by atoms with Crippen molar-refractivity contribution in [1.29, 1.82) is 0 Å². The third-order valence-electron chi connectivity index (χ3n) is 4.10. The Morgan fingerprint density at radius 1 is 1.36 bits per heavy atom. The molecule has 0 radical (unpaired) electrons. The van der Waals surface area contributed by atoms with E-state index in [4.69, 9.17) is 0 Å². The summed E-state index contributed by atoms with van der Waals surface area (Å²) in [6.07, 6.45) is 5.22. The van der Waals surface area contributed by atoms with Crippen LogP contribution in [0.4, 0.5) is 0 Å². The average molecular weight is 303 g/mol. The summed E-state index contributed by atoms with van der Waals surface area (Å²) in [7, 11) is 0. The highest BCUT2D eigenvalue weighted by atomic mass is 15.4. The second-order valence-corrected chi connectivity index (χ2v) is 6.51. The topological polar surface area (TPSA) is 75.5 Å². The zero-order valence-corrected chi connectivity index (χ0v) is 13.7. The minimum absolute atomic E-state index is 0.280. The molecule has 0 saturated carbocycles. The Hall–Kier alpha value is -1.76. The summed E-state index contributed by atoms with van der Waals surface area (Å²) < 4.78 is 2.03. The number of hydrogen-bond donors (Lipinski definition) is 1. The van der Waals surface area contributed by atoms with Crippen molar-refractivity contribution in [3.8, 4) is 0 Å². The van der Waals surface area contributed by atoms with Crippen LogP contribution < -0.4 is 0 Å². The number of aromatic nitrogens is 6. The lowest BCUT2D eigenvalue weighted by atomic mass is 10.0. The largest absolute Gasteiger partial charge is 0.286 e. The van der Waals surface area contributed by atoms with Crippen molar-refractivity contribution in [2.45, 2.75) is 59.2 Å². The molecule has 7 nitrogen and oxygen atoms in total. The number of aryl methyl sites for hydroxylation is 1. The second-order valence-electron chi connectivity index (χ2n) is 6.51. The van der Waals surface area contributed by atoms with Gasteiger partial charge < -0.3 is 0 Å². The van der Waals surface area contributed by atoms with Crippen molar-refractivity contribution in [3.05, 3.63) is 23.8 Å². The van der Waals surface area contributed by atoms with Crippen LogP contribution in [0.15, 0.2) is 6.33 Å². The molecule has 0 aromatic carbocycles. The third-order valence-corrected chi connectivity index (χ3v) is 4.10. The molecule has 1 fully saturated rings. The number of piperidine rings is 1. The minimum Gasteiger partial charge on any atom is -0.286 e. The summed E-state index contributed by atoms with van der Waals surface area (Å²) in [6.45, 7) is 9.13. The predicted octanol–water partition coefficient (Wildman–Crippen LogP) is 2.09. The highest BCUT2D eigenvalue weighted by molar-refractivity contribution is 4.99. The number of H-pyrrole nitrogens is 1. The average Bonchev–Trinajstić information content (AvgIpc) is 3.09. The summed E-state index contributed by atoms with van der Waals surface area (Å²) in [6, 6.07) is 0.280. The van der Waals surface area contributed by atoms with E-state index in [0.29, 0.717) is 5.92 Å². The molecule has 120 valence electrons. The Kier molecular flexibility index (Phi) is 4.52. The van der Waals surface area contributed by atoms with E-state index in [2.05, 4.69) is 44.0 Å². The summed E-state index contributed by atoms with van der Waals surface area (Å²) in [4.78, 5) is 11.4. The number of nitrogens with zero attached hydrogens (tertiary/aromatic N) is 6. The van der Waals surface area contributed by atoms with E-state index in [9.17, 15) is 0 Å². The molecule has 0 amide bonds. The molecule has 2 aromatic rings. The zero-order valence-electron chi connectivity index (χ0n) is 13.7. The van der Waals surface area contributed by atoms with Gasteiger partial charge in [0.15, 0.2) is 5.82 Å². The van der Waals surface area contributed by atoms with E-state index in [1.165, 1.54) is 12.8 Å². The van der Waals surface area contributed by atoms with Gasteiger partial charge in [-0.25, -0.2) is 14.6 Å². The molecule has 3 rings (SSSR count). The number of aromatic amines is 1. The van der Waals surface area contributed by atoms with Gasteiger partial charge in [0.2, 0.25) is 0 Å². The first-order valence-corrected chi connectivity index (χ1v) is 8.13. The maximum atomic E-state index is 4.53. The van der Waals surface area contributed by atoms with E-state index in [1.807, 2.05) is 11.6 Å². The second kappa shape index (κ2) is 6.56. The van der Waals surface area contributed by atoms with Crippen LogP contribution in [0.1, 0.15) is 56.6 Å². The lowest BCUT2D eigenvalue weighted by Gasteiger charge is -2.33. The van der Waals surface area contributed by atoms with Crippen molar-refractivity contribution in [2.75, 3.05) is 6.54 Å². The fourth-order valence-electron chi connectivity index (χ4n) is 3.07. The van der Waals surface area contributed by atoms with Gasteiger partial charge in [-0.05, 0) is 32.2 Å². The zero-order chi connectivity index (χ0) is 15.5. The van der Waals surface area contributed by atoms with Gasteiger partial charge in [-0.3, -0.25) is 10.00 Å². The molecule has 1 unspecified atom stereocenters. The predicted molar refractivity (Wildman–Crippen MR) is 83.0 cm³/mol. The van der Waals surface area contributed by atoms with Crippen molar-refractivity contribution in [3.63, 3.8) is 0 Å². The molecule has 0 bridgehead atoms. The Morgan fingerprint density at radius 3 is 2.95 bits per heavy atom. The van der Waals surface area contributed by atoms with Gasteiger partial charge in [0.25, 0.3) is 0 Å². The quantitative estimate of drug-likeness (QED) is 0.915. The van der Waals surface area contributed by atoms with E-state index >= 15 is 0 Å². The molecule has 0 spiro atoms. The fourth-order valence-corrected chi connectivity index (χ4v) is 3.07. The molecule has 7 heteroatoms. The van der Waals surface area contributed by atoms with Crippen LogP contribution in [-0.2, 0) is 13.1 Å². The molecule has 3 heterocycles. The molecule has 0 aliphatic carbocycles. The Bertz CT molecular complexity index is 601. The standard InChI is InChI=1S/C15H25N7/c1-11(2)8-22-14(16-10-17-22)9-21-7-5-4-6-13(21)15-18-12(3)19-20-15/h10-11,13H,4-9H2,1-3H3,(H,18,19,20).